The molecule has 0 saturated carbocycles. The summed E-state index contributed by atoms with van der Waals surface area (Å²) in [4.78, 5) is 2.86. The fraction of sp³-hybridized carbons (Fsp3) is 0.286. The number of nitrogens with one attached hydrogen (secondary N) is 2. The molecule has 0 unspecified atom stereocenters. The topological polar surface area (TPSA) is 82.2 Å². The quantitative estimate of drug-likeness (QED) is 0.675. The van der Waals surface area contributed by atoms with E-state index >= 15 is 0 Å². The van der Waals surface area contributed by atoms with Gasteiger partial charge in [-0.25, -0.2) is 13.1 Å². The number of sulfonamides is 1. The van der Waals surface area contributed by atoms with Gasteiger partial charge in [0, 0.05) is 18.4 Å². The smallest absolute Gasteiger partial charge is 0.242 e. The number of rotatable bonds is 7. The number of aliphatic hydroxyl groups is 1. The Labute approximate surface area is 118 Å². The molecule has 0 aliphatic carbocycles. The third-order valence-corrected chi connectivity index (χ3v) is 4.41. The summed E-state index contributed by atoms with van der Waals surface area (Å²) in [7, 11) is -3.50. The van der Waals surface area contributed by atoms with Crippen molar-refractivity contribution in [2.45, 2.75) is 24.3 Å². The lowest BCUT2D eigenvalue weighted by Crippen LogP contribution is -2.24. The number of H-pyrrole nitrogens is 1. The molecular weight excluding hydrogens is 276 g/mol. The number of hydrogen-bond donors (Lipinski definition) is 3. The Kier molecular flexibility index (Phi) is 4.94. The molecule has 0 saturated heterocycles. The first-order valence-corrected chi connectivity index (χ1v) is 7.92. The Morgan fingerprint density at radius 1 is 1.20 bits per heavy atom. The monoisotopic (exact) mass is 294 g/mol. The van der Waals surface area contributed by atoms with Crippen LogP contribution in [-0.4, -0.2) is 25.1 Å². The van der Waals surface area contributed by atoms with Crippen LogP contribution in [0.25, 0.3) is 0 Å². The van der Waals surface area contributed by atoms with Crippen molar-refractivity contribution in [3.63, 3.8) is 0 Å². The molecule has 0 radical (unpaired) electrons. The SMILES string of the molecule is O=S(=O)(NCCCc1ccccc1)c1c[nH]c(CO)c1. The summed E-state index contributed by atoms with van der Waals surface area (Å²) in [5.41, 5.74) is 1.67. The lowest BCUT2D eigenvalue weighted by Gasteiger charge is -2.05. The normalized spacial score (nSPS) is 11.7. The summed E-state index contributed by atoms with van der Waals surface area (Å²) >= 11 is 0. The molecular formula is C14H18N2O3S. The van der Waals surface area contributed by atoms with E-state index in [1.807, 2.05) is 30.3 Å². The highest BCUT2D eigenvalue weighted by Crippen LogP contribution is 2.10. The van der Waals surface area contributed by atoms with Crippen LogP contribution in [0.15, 0.2) is 47.5 Å². The van der Waals surface area contributed by atoms with Gasteiger partial charge in [0.1, 0.15) is 0 Å². The number of aromatic nitrogens is 1. The van der Waals surface area contributed by atoms with Crippen LogP contribution in [0.1, 0.15) is 17.7 Å². The molecule has 3 N–H and O–H groups in total. The number of aromatic amines is 1. The second-order valence-corrected chi connectivity index (χ2v) is 6.27. The molecule has 0 amide bonds. The predicted molar refractivity (Wildman–Crippen MR) is 76.7 cm³/mol. The molecule has 5 nitrogen and oxygen atoms in total. The van der Waals surface area contributed by atoms with Gasteiger partial charge in [-0.15, -0.1) is 0 Å². The molecule has 0 aliphatic rings. The number of aliphatic hydroxyl groups excluding tert-OH is 1. The van der Waals surface area contributed by atoms with Crippen LogP contribution < -0.4 is 4.72 Å². The Balaban J connectivity index is 1.84. The lowest BCUT2D eigenvalue weighted by atomic mass is 10.1. The number of benzene rings is 1. The molecule has 0 aliphatic heterocycles. The molecule has 1 aromatic heterocycles. The van der Waals surface area contributed by atoms with E-state index in [1.54, 1.807) is 0 Å². The molecule has 108 valence electrons. The van der Waals surface area contributed by atoms with Crippen LogP contribution in [0.4, 0.5) is 0 Å². The van der Waals surface area contributed by atoms with E-state index in [9.17, 15) is 8.42 Å². The summed E-state index contributed by atoms with van der Waals surface area (Å²) in [5, 5.41) is 8.91. The van der Waals surface area contributed by atoms with Gasteiger partial charge in [0.25, 0.3) is 0 Å². The van der Waals surface area contributed by atoms with Gasteiger partial charge in [-0.05, 0) is 24.5 Å². The highest BCUT2D eigenvalue weighted by atomic mass is 32.2. The number of hydrogen-bond acceptors (Lipinski definition) is 3. The zero-order chi connectivity index (χ0) is 14.4. The van der Waals surface area contributed by atoms with Gasteiger partial charge in [-0.2, -0.15) is 0 Å². The van der Waals surface area contributed by atoms with Crippen molar-refractivity contribution in [1.29, 1.82) is 0 Å². The summed E-state index contributed by atoms with van der Waals surface area (Å²) < 4.78 is 26.5. The Morgan fingerprint density at radius 3 is 2.60 bits per heavy atom. The van der Waals surface area contributed by atoms with E-state index in [-0.39, 0.29) is 11.5 Å². The standard InChI is InChI=1S/C14H18N2O3S/c17-11-13-9-14(10-15-13)20(18,19)16-8-4-7-12-5-2-1-3-6-12/h1-3,5-6,9-10,15-17H,4,7-8,11H2. The van der Waals surface area contributed by atoms with E-state index in [4.69, 9.17) is 5.11 Å². The summed E-state index contributed by atoms with van der Waals surface area (Å²) in [6.45, 7) is 0.181. The van der Waals surface area contributed by atoms with Gasteiger partial charge in [-0.3, -0.25) is 0 Å². The van der Waals surface area contributed by atoms with Crippen molar-refractivity contribution in [1.82, 2.24) is 9.71 Å². The van der Waals surface area contributed by atoms with E-state index in [2.05, 4.69) is 9.71 Å². The van der Waals surface area contributed by atoms with Crippen molar-refractivity contribution in [3.05, 3.63) is 53.9 Å². The molecule has 0 atom stereocenters. The van der Waals surface area contributed by atoms with Crippen molar-refractivity contribution < 1.29 is 13.5 Å². The zero-order valence-corrected chi connectivity index (χ0v) is 11.9. The second kappa shape index (κ2) is 6.69. The Bertz CT molecular complexity index is 635. The first kappa shape index (κ1) is 14.8. The van der Waals surface area contributed by atoms with Crippen LogP contribution in [0, 0.1) is 0 Å². The minimum atomic E-state index is -3.50. The van der Waals surface area contributed by atoms with Crippen LogP contribution >= 0.6 is 0 Å². The Hall–Kier alpha value is -1.63. The van der Waals surface area contributed by atoms with Crippen LogP contribution in [0.3, 0.4) is 0 Å². The van der Waals surface area contributed by atoms with Gasteiger partial charge in [0.2, 0.25) is 10.0 Å². The van der Waals surface area contributed by atoms with Gasteiger partial charge >= 0.3 is 0 Å². The van der Waals surface area contributed by atoms with Crippen molar-refractivity contribution >= 4 is 10.0 Å². The molecule has 6 heteroatoms. The molecule has 1 heterocycles. The first-order valence-electron chi connectivity index (χ1n) is 6.43. The van der Waals surface area contributed by atoms with Crippen molar-refractivity contribution in [2.75, 3.05) is 6.54 Å². The maximum absolute atomic E-state index is 12.0. The molecule has 20 heavy (non-hydrogen) atoms. The number of aryl methyl sites for hydroxylation is 1. The van der Waals surface area contributed by atoms with Crippen molar-refractivity contribution in [3.8, 4) is 0 Å². The van der Waals surface area contributed by atoms with Gasteiger partial charge in [0.15, 0.2) is 0 Å². The first-order chi connectivity index (χ1) is 9.62. The van der Waals surface area contributed by atoms with Crippen LogP contribution in [-0.2, 0) is 23.1 Å². The third-order valence-electron chi connectivity index (χ3n) is 2.97. The summed E-state index contributed by atoms with van der Waals surface area (Å²) in [6, 6.07) is 11.4. The van der Waals surface area contributed by atoms with E-state index in [0.29, 0.717) is 12.2 Å². The molecule has 2 aromatic rings. The maximum Gasteiger partial charge on any atom is 0.242 e. The second-order valence-electron chi connectivity index (χ2n) is 4.51. The summed E-state index contributed by atoms with van der Waals surface area (Å²) in [5.74, 6) is 0. The molecule has 0 bridgehead atoms. The largest absolute Gasteiger partial charge is 0.390 e. The molecule has 0 spiro atoms. The molecule has 0 fully saturated rings. The summed E-state index contributed by atoms with van der Waals surface area (Å²) in [6.07, 6.45) is 2.95. The van der Waals surface area contributed by atoms with E-state index in [0.717, 1.165) is 12.8 Å². The zero-order valence-electron chi connectivity index (χ0n) is 11.0. The predicted octanol–water partition coefficient (Wildman–Crippen LogP) is 1.42. The van der Waals surface area contributed by atoms with Crippen LogP contribution in [0.2, 0.25) is 0 Å². The Morgan fingerprint density at radius 2 is 1.95 bits per heavy atom. The highest BCUT2D eigenvalue weighted by Gasteiger charge is 2.14. The average molecular weight is 294 g/mol. The van der Waals surface area contributed by atoms with Crippen LogP contribution in [0.5, 0.6) is 0 Å². The van der Waals surface area contributed by atoms with Gasteiger partial charge in [0.05, 0.1) is 11.5 Å². The average Bonchev–Trinajstić information content (AvgIpc) is 2.95. The maximum atomic E-state index is 12.0. The molecule has 1 aromatic carbocycles. The lowest BCUT2D eigenvalue weighted by molar-refractivity contribution is 0.277. The van der Waals surface area contributed by atoms with Gasteiger partial charge < -0.3 is 10.1 Å². The minimum Gasteiger partial charge on any atom is -0.390 e. The van der Waals surface area contributed by atoms with E-state index < -0.39 is 10.0 Å². The molecule has 2 rings (SSSR count). The fourth-order valence-electron chi connectivity index (χ4n) is 1.89. The van der Waals surface area contributed by atoms with E-state index in [1.165, 1.54) is 17.8 Å². The van der Waals surface area contributed by atoms with Gasteiger partial charge in [-0.1, -0.05) is 30.3 Å². The fourth-order valence-corrected chi connectivity index (χ4v) is 2.98. The highest BCUT2D eigenvalue weighted by molar-refractivity contribution is 7.89. The van der Waals surface area contributed by atoms with Crippen molar-refractivity contribution in [2.24, 2.45) is 0 Å². The third kappa shape index (κ3) is 3.93. The minimum absolute atomic E-state index is 0.154.